The van der Waals surface area contributed by atoms with Crippen LogP contribution in [0, 0.1) is 0 Å². The molecule has 10 nitrogen and oxygen atoms in total. The summed E-state index contributed by atoms with van der Waals surface area (Å²) in [7, 11) is 4.10. The molecule has 1 aromatic carbocycles. The Bertz CT molecular complexity index is 1030. The number of ketones is 2. The summed E-state index contributed by atoms with van der Waals surface area (Å²) in [6, 6.07) is 8.01. The lowest BCUT2D eigenvalue weighted by Gasteiger charge is -2.34. The van der Waals surface area contributed by atoms with E-state index >= 15 is 0 Å². The second-order valence-electron chi connectivity index (χ2n) is 8.61. The molecule has 2 N–H and O–H groups in total. The Morgan fingerprint density at radius 1 is 1.18 bits per heavy atom. The van der Waals surface area contributed by atoms with Crippen molar-refractivity contribution >= 4 is 17.5 Å². The summed E-state index contributed by atoms with van der Waals surface area (Å²) in [4.78, 5) is 40.2. The number of ether oxygens (including phenoxy) is 5. The summed E-state index contributed by atoms with van der Waals surface area (Å²) in [5.41, 5.74) is -4.46. The molecular formula is C24H29NO9. The van der Waals surface area contributed by atoms with E-state index in [2.05, 4.69) is 5.32 Å². The Hall–Kier alpha value is -2.63. The number of carbonyl (C=O) groups is 3. The van der Waals surface area contributed by atoms with E-state index in [1.807, 2.05) is 6.92 Å². The summed E-state index contributed by atoms with van der Waals surface area (Å²) in [5.74, 6) is -4.07. The van der Waals surface area contributed by atoms with Gasteiger partial charge in [-0.25, -0.2) is 0 Å². The van der Waals surface area contributed by atoms with Crippen LogP contribution >= 0.6 is 0 Å². The van der Waals surface area contributed by atoms with Gasteiger partial charge in [0.2, 0.25) is 23.1 Å². The molecule has 0 unspecified atom stereocenters. The molecule has 3 heterocycles. The Kier molecular flexibility index (Phi) is 6.16. The van der Waals surface area contributed by atoms with Crippen LogP contribution in [0.1, 0.15) is 37.0 Å². The number of Topliss-reactive ketones (excluding diaryl/α,β-unsaturated/α-hetero) is 2. The maximum Gasteiger partial charge on any atom is 0.278 e. The molecule has 0 aliphatic carbocycles. The first-order valence-electron chi connectivity index (χ1n) is 11.0. The maximum atomic E-state index is 13.5. The van der Waals surface area contributed by atoms with Crippen molar-refractivity contribution < 1.29 is 43.2 Å². The van der Waals surface area contributed by atoms with Gasteiger partial charge in [-0.15, -0.1) is 0 Å². The monoisotopic (exact) mass is 475 g/mol. The second kappa shape index (κ2) is 8.54. The van der Waals surface area contributed by atoms with Crippen LogP contribution in [0.2, 0.25) is 0 Å². The first-order chi connectivity index (χ1) is 16.2. The number of hydrogen-bond donors (Lipinski definition) is 2. The van der Waals surface area contributed by atoms with Crippen LogP contribution in [0.4, 0.5) is 0 Å². The van der Waals surface area contributed by atoms with Crippen molar-refractivity contribution in [3.05, 3.63) is 47.2 Å². The highest BCUT2D eigenvalue weighted by molar-refractivity contribution is 6.23. The van der Waals surface area contributed by atoms with E-state index in [0.717, 1.165) is 7.11 Å². The predicted octanol–water partition coefficient (Wildman–Crippen LogP) is 0.871. The molecule has 0 bridgehead atoms. The SMILES string of the molecule is CC[C@H]1O[C@@](OC)(C2=C(C)C(=O)[C@]3(O2)C(=O)N[C@@](OC)(C(=O)c2ccccc2)[C@@H]3O)C[C@H]1OC. The summed E-state index contributed by atoms with van der Waals surface area (Å²) in [5, 5.41) is 13.8. The average Bonchev–Trinajstić information content (AvgIpc) is 3.45. The van der Waals surface area contributed by atoms with Crippen LogP contribution in [-0.4, -0.2) is 79.3 Å². The third-order valence-electron chi connectivity index (χ3n) is 6.99. The molecule has 0 aromatic heterocycles. The lowest BCUT2D eigenvalue weighted by molar-refractivity contribution is -0.221. The number of aliphatic hydroxyl groups excluding tert-OH is 1. The number of rotatable bonds is 7. The zero-order chi connectivity index (χ0) is 24.9. The van der Waals surface area contributed by atoms with E-state index in [-0.39, 0.29) is 35.5 Å². The highest BCUT2D eigenvalue weighted by Crippen LogP contribution is 2.50. The predicted molar refractivity (Wildman–Crippen MR) is 117 cm³/mol. The molecule has 6 atom stereocenters. The number of aliphatic hydroxyl groups is 1. The quantitative estimate of drug-likeness (QED) is 0.436. The Balaban J connectivity index is 1.74. The topological polar surface area (TPSA) is 130 Å². The van der Waals surface area contributed by atoms with Gasteiger partial charge < -0.3 is 34.1 Å². The van der Waals surface area contributed by atoms with Crippen LogP contribution in [0.3, 0.4) is 0 Å². The largest absolute Gasteiger partial charge is 0.464 e. The molecule has 10 heteroatoms. The summed E-state index contributed by atoms with van der Waals surface area (Å²) in [6.45, 7) is 3.38. The van der Waals surface area contributed by atoms with Crippen molar-refractivity contribution in [3.8, 4) is 0 Å². The van der Waals surface area contributed by atoms with Crippen molar-refractivity contribution in [3.63, 3.8) is 0 Å². The third-order valence-corrected chi connectivity index (χ3v) is 6.99. The third kappa shape index (κ3) is 3.10. The highest BCUT2D eigenvalue weighted by atomic mass is 16.7. The number of nitrogens with one attached hydrogen (secondary N) is 1. The van der Waals surface area contributed by atoms with E-state index in [1.54, 1.807) is 25.3 Å². The average molecular weight is 475 g/mol. The zero-order valence-corrected chi connectivity index (χ0v) is 19.7. The van der Waals surface area contributed by atoms with Gasteiger partial charge in [0.05, 0.1) is 12.2 Å². The van der Waals surface area contributed by atoms with Crippen LogP contribution in [0.25, 0.3) is 0 Å². The van der Waals surface area contributed by atoms with E-state index < -0.39 is 40.7 Å². The standard InChI is InChI=1S/C24H29NO9/c1-6-15-16(30-3)12-22(31-4,33-15)19-13(2)17(26)23(34-19)20(28)24(32-5,25-21(23)29)18(27)14-10-8-7-9-11-14/h7-11,15-16,20,28H,6,12H2,1-5H3,(H,25,29)/t15-,16-,20-,22-,23-,24-/m1/s1. The van der Waals surface area contributed by atoms with Gasteiger partial charge in [-0.05, 0) is 13.3 Å². The van der Waals surface area contributed by atoms with Gasteiger partial charge >= 0.3 is 0 Å². The fourth-order valence-corrected chi connectivity index (χ4v) is 5.06. The second-order valence-corrected chi connectivity index (χ2v) is 8.61. The fourth-order valence-electron chi connectivity index (χ4n) is 5.06. The molecule has 1 amide bonds. The number of methoxy groups -OCH3 is 3. The fraction of sp³-hybridized carbons (Fsp3) is 0.542. The zero-order valence-electron chi connectivity index (χ0n) is 19.7. The van der Waals surface area contributed by atoms with E-state index in [0.29, 0.717) is 6.42 Å². The molecular weight excluding hydrogens is 446 g/mol. The minimum Gasteiger partial charge on any atom is -0.464 e. The molecule has 0 radical (unpaired) electrons. The molecule has 2 fully saturated rings. The van der Waals surface area contributed by atoms with Gasteiger partial charge in [-0.2, -0.15) is 0 Å². The molecule has 0 saturated carbocycles. The van der Waals surface area contributed by atoms with Gasteiger partial charge in [0.1, 0.15) is 0 Å². The molecule has 1 aromatic rings. The molecule has 3 aliphatic heterocycles. The van der Waals surface area contributed by atoms with Crippen LogP contribution in [0.15, 0.2) is 41.7 Å². The Morgan fingerprint density at radius 3 is 2.38 bits per heavy atom. The lowest BCUT2D eigenvalue weighted by atomic mass is 9.85. The lowest BCUT2D eigenvalue weighted by Crippen LogP contribution is -2.60. The number of amides is 1. The first kappa shape index (κ1) is 24.5. The molecule has 2 saturated heterocycles. The van der Waals surface area contributed by atoms with Crippen molar-refractivity contribution in [2.45, 2.75) is 62.1 Å². The molecule has 34 heavy (non-hydrogen) atoms. The smallest absolute Gasteiger partial charge is 0.278 e. The number of benzene rings is 1. The van der Waals surface area contributed by atoms with Gasteiger partial charge in [-0.3, -0.25) is 14.4 Å². The number of hydrogen-bond acceptors (Lipinski definition) is 9. The minimum absolute atomic E-state index is 0.0359. The maximum absolute atomic E-state index is 13.5. The number of carbonyl (C=O) groups excluding carboxylic acids is 3. The van der Waals surface area contributed by atoms with E-state index in [4.69, 9.17) is 23.7 Å². The van der Waals surface area contributed by atoms with Gasteiger partial charge in [0.25, 0.3) is 11.5 Å². The Labute approximate surface area is 197 Å². The van der Waals surface area contributed by atoms with Crippen molar-refractivity contribution in [2.24, 2.45) is 0 Å². The van der Waals surface area contributed by atoms with Crippen molar-refractivity contribution in [2.75, 3.05) is 21.3 Å². The van der Waals surface area contributed by atoms with Crippen molar-refractivity contribution in [1.29, 1.82) is 0 Å². The molecule has 1 spiro atoms. The van der Waals surface area contributed by atoms with E-state index in [1.165, 1.54) is 26.2 Å². The molecule has 3 aliphatic rings. The van der Waals surface area contributed by atoms with E-state index in [9.17, 15) is 19.5 Å². The summed E-state index contributed by atoms with van der Waals surface area (Å²) in [6.07, 6.45) is -1.89. The minimum atomic E-state index is -2.44. The highest BCUT2D eigenvalue weighted by Gasteiger charge is 2.75. The molecule has 184 valence electrons. The van der Waals surface area contributed by atoms with Crippen LogP contribution in [-0.2, 0) is 33.3 Å². The Morgan fingerprint density at radius 2 is 1.85 bits per heavy atom. The summed E-state index contributed by atoms with van der Waals surface area (Å²) < 4.78 is 28.7. The van der Waals surface area contributed by atoms with Crippen LogP contribution < -0.4 is 5.32 Å². The first-order valence-corrected chi connectivity index (χ1v) is 11.0. The van der Waals surface area contributed by atoms with Crippen molar-refractivity contribution in [1.82, 2.24) is 5.32 Å². The normalized spacial score (nSPS) is 37.4. The van der Waals surface area contributed by atoms with Gasteiger partial charge in [0.15, 0.2) is 11.9 Å². The van der Waals surface area contributed by atoms with Gasteiger partial charge in [0, 0.05) is 38.9 Å². The van der Waals surface area contributed by atoms with Crippen LogP contribution in [0.5, 0.6) is 0 Å². The molecule has 4 rings (SSSR count). The summed E-state index contributed by atoms with van der Waals surface area (Å²) >= 11 is 0. The van der Waals surface area contributed by atoms with Gasteiger partial charge in [-0.1, -0.05) is 37.3 Å².